The van der Waals surface area contributed by atoms with Gasteiger partial charge in [-0.15, -0.1) is 0 Å². The molecule has 0 aliphatic heterocycles. The van der Waals surface area contributed by atoms with Crippen LogP contribution in [0.3, 0.4) is 0 Å². The maximum absolute atomic E-state index is 12.8. The molecule has 2 rings (SSSR count). The van der Waals surface area contributed by atoms with Crippen LogP contribution in [0.4, 0.5) is 13.2 Å². The number of rotatable bonds is 3. The fraction of sp³-hybridized carbons (Fsp3) is 0.385. The van der Waals surface area contributed by atoms with Crippen LogP contribution in [0.15, 0.2) is 28.8 Å². The first-order valence-corrected chi connectivity index (χ1v) is 5.95. The van der Waals surface area contributed by atoms with Gasteiger partial charge in [0.1, 0.15) is 0 Å². The van der Waals surface area contributed by atoms with Gasteiger partial charge in [-0.3, -0.25) is 0 Å². The van der Waals surface area contributed by atoms with Crippen molar-refractivity contribution >= 4 is 0 Å². The molecule has 0 aliphatic rings. The zero-order valence-corrected chi connectivity index (χ0v) is 11.0. The Morgan fingerprint density at radius 1 is 1.25 bits per heavy atom. The fourth-order valence-corrected chi connectivity index (χ4v) is 1.64. The van der Waals surface area contributed by atoms with E-state index in [1.165, 1.54) is 0 Å². The van der Waals surface area contributed by atoms with Crippen molar-refractivity contribution < 1.29 is 17.7 Å². The molecule has 1 aromatic carbocycles. The van der Waals surface area contributed by atoms with E-state index in [1.807, 2.05) is 31.2 Å². The van der Waals surface area contributed by atoms with Gasteiger partial charge in [-0.2, -0.15) is 18.2 Å². The Labute approximate surface area is 113 Å². The van der Waals surface area contributed by atoms with Crippen molar-refractivity contribution in [3.8, 4) is 0 Å². The maximum atomic E-state index is 12.8. The summed E-state index contributed by atoms with van der Waals surface area (Å²) in [7, 11) is 0. The van der Waals surface area contributed by atoms with Gasteiger partial charge in [0.15, 0.2) is 11.4 Å². The number of aromatic nitrogens is 2. The quantitative estimate of drug-likeness (QED) is 0.941. The van der Waals surface area contributed by atoms with Gasteiger partial charge in [-0.1, -0.05) is 29.4 Å². The minimum absolute atomic E-state index is 0.176. The minimum Gasteiger partial charge on any atom is -0.337 e. The second kappa shape index (κ2) is 4.90. The Morgan fingerprint density at radius 3 is 2.50 bits per heavy atom. The summed E-state index contributed by atoms with van der Waals surface area (Å²) in [5.41, 5.74) is 4.51. The second-order valence-electron chi connectivity index (χ2n) is 4.82. The van der Waals surface area contributed by atoms with E-state index in [9.17, 15) is 13.2 Å². The zero-order chi connectivity index (χ0) is 15.0. The zero-order valence-electron chi connectivity index (χ0n) is 11.0. The smallest absolute Gasteiger partial charge is 0.337 e. The molecular formula is C13H14F3N3O. The number of nitrogens with two attached hydrogens (primary N) is 1. The molecule has 0 saturated heterocycles. The summed E-state index contributed by atoms with van der Waals surface area (Å²) in [6.45, 7) is 2.71. The van der Waals surface area contributed by atoms with Crippen LogP contribution in [0.2, 0.25) is 0 Å². The van der Waals surface area contributed by atoms with Crippen molar-refractivity contribution in [3.05, 3.63) is 47.1 Å². The van der Waals surface area contributed by atoms with Crippen molar-refractivity contribution in [2.75, 3.05) is 0 Å². The molecule has 0 spiro atoms. The molecule has 0 fully saturated rings. The van der Waals surface area contributed by atoms with Gasteiger partial charge >= 0.3 is 6.18 Å². The monoisotopic (exact) mass is 285 g/mol. The summed E-state index contributed by atoms with van der Waals surface area (Å²) in [5, 5.41) is 3.57. The van der Waals surface area contributed by atoms with E-state index < -0.39 is 17.6 Å². The molecule has 2 aromatic rings. The number of benzene rings is 1. The van der Waals surface area contributed by atoms with E-state index in [1.54, 1.807) is 0 Å². The van der Waals surface area contributed by atoms with Gasteiger partial charge < -0.3 is 10.3 Å². The molecule has 0 amide bonds. The van der Waals surface area contributed by atoms with Crippen molar-refractivity contribution in [2.24, 2.45) is 5.73 Å². The summed E-state index contributed by atoms with van der Waals surface area (Å²) in [4.78, 5) is 3.76. The van der Waals surface area contributed by atoms with Crippen LogP contribution >= 0.6 is 0 Å². The van der Waals surface area contributed by atoms with Crippen molar-refractivity contribution in [3.63, 3.8) is 0 Å². The Bertz CT molecular complexity index is 605. The Hall–Kier alpha value is -1.89. The highest BCUT2D eigenvalue weighted by atomic mass is 19.4. The van der Waals surface area contributed by atoms with Crippen LogP contribution in [-0.4, -0.2) is 16.3 Å². The molecule has 0 bridgehead atoms. The normalized spacial score (nSPS) is 15.1. The largest absolute Gasteiger partial charge is 0.415 e. The third-order valence-corrected chi connectivity index (χ3v) is 3.11. The van der Waals surface area contributed by atoms with Gasteiger partial charge in [0.05, 0.1) is 0 Å². The van der Waals surface area contributed by atoms with Crippen molar-refractivity contribution in [1.29, 1.82) is 0 Å². The predicted molar refractivity (Wildman–Crippen MR) is 65.9 cm³/mol. The van der Waals surface area contributed by atoms with Crippen LogP contribution in [0.5, 0.6) is 0 Å². The number of nitrogens with zero attached hydrogens (tertiary/aromatic N) is 2. The predicted octanol–water partition coefficient (Wildman–Crippen LogP) is 2.71. The summed E-state index contributed by atoms with van der Waals surface area (Å²) in [5.74, 6) is -0.455. The van der Waals surface area contributed by atoms with E-state index in [0.717, 1.165) is 18.1 Å². The lowest BCUT2D eigenvalue weighted by molar-refractivity contribution is -0.190. The molecule has 20 heavy (non-hydrogen) atoms. The van der Waals surface area contributed by atoms with Gasteiger partial charge in [0.25, 0.3) is 5.89 Å². The average Bonchev–Trinajstić information content (AvgIpc) is 2.80. The molecule has 0 saturated carbocycles. The third kappa shape index (κ3) is 2.67. The molecule has 0 aliphatic carbocycles. The van der Waals surface area contributed by atoms with E-state index in [-0.39, 0.29) is 5.82 Å². The summed E-state index contributed by atoms with van der Waals surface area (Å²) in [6, 6.07) is 7.48. The minimum atomic E-state index is -4.65. The molecule has 108 valence electrons. The second-order valence-corrected chi connectivity index (χ2v) is 4.82. The first-order chi connectivity index (χ1) is 9.22. The van der Waals surface area contributed by atoms with Gasteiger partial charge in [0.2, 0.25) is 0 Å². The molecule has 4 nitrogen and oxygen atoms in total. The lowest BCUT2D eigenvalue weighted by Crippen LogP contribution is -2.48. The van der Waals surface area contributed by atoms with E-state index in [2.05, 4.69) is 14.7 Å². The molecule has 1 unspecified atom stereocenters. The summed E-state index contributed by atoms with van der Waals surface area (Å²) >= 11 is 0. The highest BCUT2D eigenvalue weighted by Gasteiger charge is 2.53. The molecule has 0 radical (unpaired) electrons. The molecule has 7 heteroatoms. The number of hydrogen-bond acceptors (Lipinski definition) is 4. The summed E-state index contributed by atoms with van der Waals surface area (Å²) < 4.78 is 43.0. The SMILES string of the molecule is Cc1ccccc1Cc1noc(C(C)(N)C(F)(F)F)n1. The van der Waals surface area contributed by atoms with Crippen LogP contribution in [-0.2, 0) is 12.0 Å². The number of alkyl halides is 3. The lowest BCUT2D eigenvalue weighted by atomic mass is 10.0. The highest BCUT2D eigenvalue weighted by molar-refractivity contribution is 5.28. The molecule has 1 atom stereocenters. The van der Waals surface area contributed by atoms with Gasteiger partial charge in [0, 0.05) is 6.42 Å². The fourth-order valence-electron chi connectivity index (χ4n) is 1.64. The number of hydrogen-bond donors (Lipinski definition) is 1. The van der Waals surface area contributed by atoms with E-state index in [4.69, 9.17) is 5.73 Å². The average molecular weight is 285 g/mol. The van der Waals surface area contributed by atoms with Crippen LogP contribution in [0, 0.1) is 6.92 Å². The lowest BCUT2D eigenvalue weighted by Gasteiger charge is -2.22. The Morgan fingerprint density at radius 2 is 1.90 bits per heavy atom. The van der Waals surface area contributed by atoms with Crippen molar-refractivity contribution in [2.45, 2.75) is 32.0 Å². The van der Waals surface area contributed by atoms with Crippen molar-refractivity contribution in [1.82, 2.24) is 10.1 Å². The molecule has 1 aromatic heterocycles. The molecule has 2 N–H and O–H groups in total. The van der Waals surface area contributed by atoms with Crippen LogP contribution in [0.1, 0.15) is 29.8 Å². The third-order valence-electron chi connectivity index (χ3n) is 3.11. The van der Waals surface area contributed by atoms with Crippen LogP contribution in [0.25, 0.3) is 0 Å². The Kier molecular flexibility index (Phi) is 3.56. The first kappa shape index (κ1) is 14.5. The topological polar surface area (TPSA) is 64.9 Å². The summed E-state index contributed by atoms with van der Waals surface area (Å²) in [6.07, 6.45) is -4.36. The standard InChI is InChI=1S/C13H14F3N3O/c1-8-5-3-4-6-9(8)7-10-18-11(20-19-10)12(2,17)13(14,15)16/h3-6H,7,17H2,1-2H3. The molecular weight excluding hydrogens is 271 g/mol. The highest BCUT2D eigenvalue weighted by Crippen LogP contribution is 2.35. The van der Waals surface area contributed by atoms with Gasteiger partial charge in [-0.05, 0) is 25.0 Å². The number of halogens is 3. The first-order valence-electron chi connectivity index (χ1n) is 5.95. The van der Waals surface area contributed by atoms with Gasteiger partial charge in [-0.25, -0.2) is 0 Å². The van der Waals surface area contributed by atoms with E-state index >= 15 is 0 Å². The number of aryl methyl sites for hydroxylation is 1. The molecule has 1 heterocycles. The van der Waals surface area contributed by atoms with Crippen LogP contribution < -0.4 is 5.73 Å². The van der Waals surface area contributed by atoms with E-state index in [0.29, 0.717) is 6.42 Å². The maximum Gasteiger partial charge on any atom is 0.415 e. The Balaban J connectivity index is 2.24.